The molecule has 1 aliphatic rings. The Morgan fingerprint density at radius 1 is 1.47 bits per heavy atom. The lowest BCUT2D eigenvalue weighted by Gasteiger charge is -2.14. The van der Waals surface area contributed by atoms with E-state index >= 15 is 0 Å². The first kappa shape index (κ1) is 14.4. The Morgan fingerprint density at radius 3 is 2.79 bits per heavy atom. The van der Waals surface area contributed by atoms with E-state index in [2.05, 4.69) is 0 Å². The molecule has 6 nitrogen and oxygen atoms in total. The summed E-state index contributed by atoms with van der Waals surface area (Å²) in [5.74, 6) is -0.257. The lowest BCUT2D eigenvalue weighted by molar-refractivity contribution is 0.0170. The summed E-state index contributed by atoms with van der Waals surface area (Å²) >= 11 is 1.18. The fourth-order valence-electron chi connectivity index (χ4n) is 2.04. The van der Waals surface area contributed by atoms with E-state index in [0.717, 1.165) is 0 Å². The Morgan fingerprint density at radius 2 is 2.21 bits per heavy atom. The second-order valence-electron chi connectivity index (χ2n) is 4.18. The van der Waals surface area contributed by atoms with Crippen molar-refractivity contribution < 1.29 is 29.3 Å². The van der Waals surface area contributed by atoms with E-state index in [1.165, 1.54) is 24.1 Å². The van der Waals surface area contributed by atoms with Crippen LogP contribution in [0.4, 0.5) is 0 Å². The van der Waals surface area contributed by atoms with Gasteiger partial charge in [-0.2, -0.15) is 0 Å². The standard InChI is InChI=1S/C12H16O6S/c1-2-17-12(16)6-3-4-18-10(6)11-9(15)8(14)7(5-13)19-11/h3-4,7-9,11,13-15H,2,5H2,1H3/t7-,8-,9-,11-/m1/s1. The smallest absolute Gasteiger partial charge is 0.341 e. The van der Waals surface area contributed by atoms with Crippen molar-refractivity contribution in [1.29, 1.82) is 0 Å². The Bertz CT molecular complexity index is 445. The number of thioether (sulfide) groups is 1. The molecule has 0 aromatic carbocycles. The third-order valence-electron chi connectivity index (χ3n) is 2.99. The predicted octanol–water partition coefficient (Wildman–Crippen LogP) is 0.327. The van der Waals surface area contributed by atoms with Crippen LogP contribution in [0.15, 0.2) is 16.7 Å². The van der Waals surface area contributed by atoms with Gasteiger partial charge >= 0.3 is 5.97 Å². The van der Waals surface area contributed by atoms with E-state index in [1.807, 2.05) is 0 Å². The average molecular weight is 288 g/mol. The molecule has 0 amide bonds. The summed E-state index contributed by atoms with van der Waals surface area (Å²) in [6.07, 6.45) is -0.810. The van der Waals surface area contributed by atoms with Gasteiger partial charge in [0.15, 0.2) is 0 Å². The van der Waals surface area contributed by atoms with Gasteiger partial charge in [0, 0.05) is 0 Å². The highest BCUT2D eigenvalue weighted by Crippen LogP contribution is 2.46. The van der Waals surface area contributed by atoms with Gasteiger partial charge in [0.1, 0.15) is 17.4 Å². The van der Waals surface area contributed by atoms with Gasteiger partial charge in [-0.15, -0.1) is 11.8 Å². The van der Waals surface area contributed by atoms with E-state index < -0.39 is 28.7 Å². The molecule has 0 saturated carbocycles. The van der Waals surface area contributed by atoms with Gasteiger partial charge in [0.2, 0.25) is 0 Å². The zero-order valence-electron chi connectivity index (χ0n) is 10.4. The van der Waals surface area contributed by atoms with Gasteiger partial charge < -0.3 is 24.5 Å². The van der Waals surface area contributed by atoms with Crippen LogP contribution in [0.2, 0.25) is 0 Å². The highest BCUT2D eigenvalue weighted by atomic mass is 32.2. The summed E-state index contributed by atoms with van der Waals surface area (Å²) in [7, 11) is 0. The molecule has 3 N–H and O–H groups in total. The monoisotopic (exact) mass is 288 g/mol. The summed E-state index contributed by atoms with van der Waals surface area (Å²) in [6.45, 7) is 1.68. The Hall–Kier alpha value is -1.02. The fraction of sp³-hybridized carbons (Fsp3) is 0.583. The van der Waals surface area contributed by atoms with E-state index in [4.69, 9.17) is 14.3 Å². The molecule has 0 spiro atoms. The summed E-state index contributed by atoms with van der Waals surface area (Å²) in [5.41, 5.74) is 0.240. The Labute approximate surface area is 114 Å². The maximum absolute atomic E-state index is 11.7. The molecule has 1 fully saturated rings. The van der Waals surface area contributed by atoms with Crippen molar-refractivity contribution in [2.75, 3.05) is 13.2 Å². The second kappa shape index (κ2) is 5.96. The highest BCUT2D eigenvalue weighted by Gasteiger charge is 2.45. The van der Waals surface area contributed by atoms with E-state index in [1.54, 1.807) is 6.92 Å². The van der Waals surface area contributed by atoms with Crippen LogP contribution in [0.5, 0.6) is 0 Å². The zero-order valence-corrected chi connectivity index (χ0v) is 11.2. The topological polar surface area (TPSA) is 100 Å². The molecule has 19 heavy (non-hydrogen) atoms. The molecule has 0 radical (unpaired) electrons. The summed E-state index contributed by atoms with van der Waals surface area (Å²) in [5, 5.41) is 27.8. The van der Waals surface area contributed by atoms with Crippen LogP contribution in [-0.4, -0.2) is 52.0 Å². The lowest BCUT2D eigenvalue weighted by atomic mass is 10.0. The van der Waals surface area contributed by atoms with E-state index in [0.29, 0.717) is 0 Å². The fourth-order valence-corrected chi connectivity index (χ4v) is 3.45. The SMILES string of the molecule is CCOC(=O)c1ccoc1[C@@H]1S[C@H](CO)[C@@H](O)[C@H]1O. The van der Waals surface area contributed by atoms with Gasteiger partial charge in [-0.05, 0) is 13.0 Å². The molecule has 0 bridgehead atoms. The molecular weight excluding hydrogens is 272 g/mol. The number of carbonyl (C=O) groups excluding carboxylic acids is 1. The van der Waals surface area contributed by atoms with Crippen molar-refractivity contribution in [2.45, 2.75) is 29.6 Å². The first-order valence-electron chi connectivity index (χ1n) is 5.97. The van der Waals surface area contributed by atoms with E-state index in [-0.39, 0.29) is 24.5 Å². The van der Waals surface area contributed by atoms with Gasteiger partial charge in [0.05, 0.1) is 36.1 Å². The van der Waals surface area contributed by atoms with Crippen LogP contribution in [0, 0.1) is 0 Å². The first-order chi connectivity index (χ1) is 9.10. The van der Waals surface area contributed by atoms with Crippen LogP contribution >= 0.6 is 11.8 Å². The second-order valence-corrected chi connectivity index (χ2v) is 5.56. The van der Waals surface area contributed by atoms with Crippen LogP contribution in [-0.2, 0) is 4.74 Å². The summed E-state index contributed by atoms with van der Waals surface area (Å²) in [6, 6.07) is 1.47. The van der Waals surface area contributed by atoms with E-state index in [9.17, 15) is 15.0 Å². The molecular formula is C12H16O6S. The molecule has 2 rings (SSSR count). The maximum atomic E-state index is 11.7. The van der Waals surface area contributed by atoms with Gasteiger partial charge in [-0.25, -0.2) is 4.79 Å². The third kappa shape index (κ3) is 2.64. The minimum Gasteiger partial charge on any atom is -0.467 e. The Balaban J connectivity index is 2.23. The number of ether oxygens (including phenoxy) is 1. The molecule has 0 aliphatic carbocycles. The third-order valence-corrected chi connectivity index (χ3v) is 4.55. The van der Waals surface area contributed by atoms with Crippen molar-refractivity contribution in [3.05, 3.63) is 23.7 Å². The van der Waals surface area contributed by atoms with Crippen LogP contribution in [0.25, 0.3) is 0 Å². The van der Waals surface area contributed by atoms with Crippen molar-refractivity contribution in [3.8, 4) is 0 Å². The molecule has 4 atom stereocenters. The molecule has 0 unspecified atom stereocenters. The number of aliphatic hydroxyl groups excluding tert-OH is 3. The molecule has 1 aromatic heterocycles. The van der Waals surface area contributed by atoms with Gasteiger partial charge in [-0.3, -0.25) is 0 Å². The predicted molar refractivity (Wildman–Crippen MR) is 67.9 cm³/mol. The summed E-state index contributed by atoms with van der Waals surface area (Å²) < 4.78 is 10.2. The highest BCUT2D eigenvalue weighted by molar-refractivity contribution is 8.00. The zero-order chi connectivity index (χ0) is 14.0. The maximum Gasteiger partial charge on any atom is 0.341 e. The van der Waals surface area contributed by atoms with Gasteiger partial charge in [-0.1, -0.05) is 0 Å². The average Bonchev–Trinajstić information content (AvgIpc) is 2.97. The first-order valence-corrected chi connectivity index (χ1v) is 6.91. The van der Waals surface area contributed by atoms with Crippen molar-refractivity contribution in [2.24, 2.45) is 0 Å². The van der Waals surface area contributed by atoms with Crippen molar-refractivity contribution in [1.82, 2.24) is 0 Å². The number of carbonyl (C=O) groups is 1. The summed E-state index contributed by atoms with van der Waals surface area (Å²) in [4.78, 5) is 11.7. The van der Waals surface area contributed by atoms with Crippen LogP contribution in [0.1, 0.15) is 28.3 Å². The minimum absolute atomic E-state index is 0.240. The molecule has 1 aliphatic heterocycles. The number of furan rings is 1. The number of esters is 1. The lowest BCUT2D eigenvalue weighted by Crippen LogP contribution is -2.32. The number of hydrogen-bond donors (Lipinski definition) is 3. The van der Waals surface area contributed by atoms with Crippen LogP contribution in [0.3, 0.4) is 0 Å². The number of rotatable bonds is 4. The molecule has 1 saturated heterocycles. The molecule has 2 heterocycles. The molecule has 106 valence electrons. The van der Waals surface area contributed by atoms with Crippen LogP contribution < -0.4 is 0 Å². The Kier molecular flexibility index (Phi) is 4.51. The van der Waals surface area contributed by atoms with Gasteiger partial charge in [0.25, 0.3) is 0 Å². The molecule has 7 heteroatoms. The normalized spacial score (nSPS) is 30.5. The number of aliphatic hydroxyl groups is 3. The van der Waals surface area contributed by atoms with Crippen molar-refractivity contribution >= 4 is 17.7 Å². The minimum atomic E-state index is -1.10. The largest absolute Gasteiger partial charge is 0.467 e. The number of hydrogen-bond acceptors (Lipinski definition) is 7. The van der Waals surface area contributed by atoms with Crippen molar-refractivity contribution in [3.63, 3.8) is 0 Å². The quantitative estimate of drug-likeness (QED) is 0.686. The molecule has 1 aromatic rings.